The minimum Gasteiger partial charge on any atom is -0.271 e. The summed E-state index contributed by atoms with van der Waals surface area (Å²) >= 11 is 3.13. The van der Waals surface area contributed by atoms with Crippen molar-refractivity contribution >= 4 is 15.9 Å². The van der Waals surface area contributed by atoms with Crippen LogP contribution in [0.25, 0.3) is 0 Å². The van der Waals surface area contributed by atoms with Crippen LogP contribution in [0.2, 0.25) is 0 Å². The molecule has 1 aromatic heterocycles. The van der Waals surface area contributed by atoms with Crippen LogP contribution in [0.5, 0.6) is 0 Å². The van der Waals surface area contributed by atoms with Gasteiger partial charge in [0.15, 0.2) is 11.6 Å². The highest BCUT2D eigenvalue weighted by Crippen LogP contribution is 2.42. The van der Waals surface area contributed by atoms with E-state index in [1.165, 1.54) is 5.56 Å². The number of rotatable bonds is 3. The normalized spacial score (nSPS) is 18.6. The minimum absolute atomic E-state index is 0.0346. The van der Waals surface area contributed by atoms with Crippen molar-refractivity contribution < 1.29 is 8.78 Å². The number of nitrogens with two attached hydrogens (primary N) is 1. The summed E-state index contributed by atoms with van der Waals surface area (Å²) in [7, 11) is 0. The van der Waals surface area contributed by atoms with Crippen LogP contribution >= 0.6 is 15.9 Å². The Morgan fingerprint density at radius 3 is 2.90 bits per heavy atom. The lowest BCUT2D eigenvalue weighted by atomic mass is 9.91. The van der Waals surface area contributed by atoms with Crippen LogP contribution in [-0.2, 0) is 6.42 Å². The first-order valence-corrected chi connectivity index (χ1v) is 7.46. The predicted molar refractivity (Wildman–Crippen MR) is 79.4 cm³/mol. The molecule has 0 bridgehead atoms. The van der Waals surface area contributed by atoms with Crippen molar-refractivity contribution in [3.63, 3.8) is 0 Å². The number of pyridine rings is 1. The fraction of sp³-hybridized carbons (Fsp3) is 0.267. The second kappa shape index (κ2) is 5.79. The maximum Gasteiger partial charge on any atom is 0.173 e. The molecule has 2 atom stereocenters. The number of aryl methyl sites for hydroxylation is 1. The van der Waals surface area contributed by atoms with E-state index in [4.69, 9.17) is 5.84 Å². The Balaban J connectivity index is 2.03. The van der Waals surface area contributed by atoms with Gasteiger partial charge in [0.25, 0.3) is 0 Å². The van der Waals surface area contributed by atoms with E-state index in [2.05, 4.69) is 26.3 Å². The Bertz CT molecular complexity index is 678. The first-order chi connectivity index (χ1) is 10.1. The lowest BCUT2D eigenvalue weighted by Crippen LogP contribution is -2.32. The standard InChI is InChI=1S/C15H14BrF2N3/c16-12-9(5-6-11(17)13(12)18)15(21-19)10-4-3-8-2-1-7-20-14(8)10/h1-2,5-7,10,15,21H,3-4,19H2. The molecule has 0 aliphatic heterocycles. The Hall–Kier alpha value is -1.37. The summed E-state index contributed by atoms with van der Waals surface area (Å²) in [6.45, 7) is 0. The zero-order valence-corrected chi connectivity index (χ0v) is 12.7. The Morgan fingerprint density at radius 2 is 2.14 bits per heavy atom. The molecule has 6 heteroatoms. The zero-order chi connectivity index (χ0) is 15.0. The van der Waals surface area contributed by atoms with E-state index in [9.17, 15) is 8.78 Å². The van der Waals surface area contributed by atoms with Gasteiger partial charge < -0.3 is 0 Å². The van der Waals surface area contributed by atoms with Crippen LogP contribution < -0.4 is 11.3 Å². The number of benzene rings is 1. The van der Waals surface area contributed by atoms with Crippen molar-refractivity contribution in [3.8, 4) is 0 Å². The first-order valence-electron chi connectivity index (χ1n) is 6.66. The number of nitrogens with zero attached hydrogens (tertiary/aromatic N) is 1. The molecular weight excluding hydrogens is 340 g/mol. The summed E-state index contributed by atoms with van der Waals surface area (Å²) in [5, 5.41) is 0. The van der Waals surface area contributed by atoms with Crippen LogP contribution in [0.3, 0.4) is 0 Å². The van der Waals surface area contributed by atoms with Crippen molar-refractivity contribution in [2.75, 3.05) is 0 Å². The number of hydrazine groups is 1. The van der Waals surface area contributed by atoms with Crippen LogP contribution in [0, 0.1) is 11.6 Å². The fourth-order valence-electron chi connectivity index (χ4n) is 2.97. The van der Waals surface area contributed by atoms with Gasteiger partial charge in [-0.2, -0.15) is 0 Å². The van der Waals surface area contributed by atoms with Crippen molar-refractivity contribution in [2.24, 2.45) is 5.84 Å². The average Bonchev–Trinajstić information content (AvgIpc) is 2.92. The number of nitrogens with one attached hydrogen (secondary N) is 1. The minimum atomic E-state index is -0.896. The highest BCUT2D eigenvalue weighted by Gasteiger charge is 2.33. The molecule has 0 saturated carbocycles. The summed E-state index contributed by atoms with van der Waals surface area (Å²) in [6.07, 6.45) is 3.52. The molecule has 3 N–H and O–H groups in total. The van der Waals surface area contributed by atoms with Gasteiger partial charge in [-0.1, -0.05) is 12.1 Å². The molecule has 3 nitrogen and oxygen atoms in total. The van der Waals surface area contributed by atoms with Gasteiger partial charge in [0.1, 0.15) is 0 Å². The van der Waals surface area contributed by atoms with Crippen molar-refractivity contribution in [3.05, 3.63) is 63.4 Å². The van der Waals surface area contributed by atoms with Gasteiger partial charge in [-0.15, -0.1) is 0 Å². The van der Waals surface area contributed by atoms with E-state index in [1.807, 2.05) is 12.1 Å². The lowest BCUT2D eigenvalue weighted by molar-refractivity contribution is 0.437. The molecule has 0 spiro atoms. The van der Waals surface area contributed by atoms with E-state index >= 15 is 0 Å². The average molecular weight is 354 g/mol. The largest absolute Gasteiger partial charge is 0.271 e. The zero-order valence-electron chi connectivity index (χ0n) is 11.1. The van der Waals surface area contributed by atoms with Gasteiger partial charge >= 0.3 is 0 Å². The summed E-state index contributed by atoms with van der Waals surface area (Å²) in [5.74, 6) is 3.94. The van der Waals surface area contributed by atoms with Gasteiger partial charge in [-0.25, -0.2) is 8.78 Å². The van der Waals surface area contributed by atoms with Gasteiger partial charge in [0, 0.05) is 17.8 Å². The van der Waals surface area contributed by atoms with Gasteiger partial charge in [0.2, 0.25) is 0 Å². The molecule has 0 radical (unpaired) electrons. The molecular formula is C15H14BrF2N3. The SMILES string of the molecule is NNC(c1ccc(F)c(F)c1Br)C1CCc2cccnc21. The number of halogens is 3. The highest BCUT2D eigenvalue weighted by molar-refractivity contribution is 9.10. The molecule has 1 aromatic carbocycles. The smallest absolute Gasteiger partial charge is 0.173 e. The molecule has 1 aliphatic rings. The molecule has 0 saturated heterocycles. The third-order valence-electron chi connectivity index (χ3n) is 3.98. The van der Waals surface area contributed by atoms with E-state index in [1.54, 1.807) is 12.3 Å². The number of aromatic nitrogens is 1. The topological polar surface area (TPSA) is 50.9 Å². The highest BCUT2D eigenvalue weighted by atomic mass is 79.9. The molecule has 110 valence electrons. The van der Waals surface area contributed by atoms with Crippen LogP contribution in [-0.4, -0.2) is 4.98 Å². The Kier molecular flexibility index (Phi) is 4.01. The summed E-state index contributed by atoms with van der Waals surface area (Å²) in [6, 6.07) is 6.28. The van der Waals surface area contributed by atoms with E-state index in [0.717, 1.165) is 24.6 Å². The number of hydrogen-bond donors (Lipinski definition) is 2. The summed E-state index contributed by atoms with van der Waals surface area (Å²) in [4.78, 5) is 4.43. The van der Waals surface area contributed by atoms with Gasteiger partial charge in [0.05, 0.1) is 10.5 Å². The van der Waals surface area contributed by atoms with E-state index < -0.39 is 11.6 Å². The molecule has 2 aromatic rings. The second-order valence-electron chi connectivity index (χ2n) is 5.10. The van der Waals surface area contributed by atoms with Crippen molar-refractivity contribution in [1.82, 2.24) is 10.4 Å². The van der Waals surface area contributed by atoms with Gasteiger partial charge in [-0.05, 0) is 52.0 Å². The fourth-order valence-corrected chi connectivity index (χ4v) is 3.54. The predicted octanol–water partition coefficient (Wildman–Crippen LogP) is 3.36. The maximum atomic E-state index is 13.8. The third-order valence-corrected chi connectivity index (χ3v) is 4.79. The second-order valence-corrected chi connectivity index (χ2v) is 5.89. The maximum absolute atomic E-state index is 13.8. The Labute approximate surface area is 129 Å². The molecule has 1 heterocycles. The number of hydrogen-bond acceptors (Lipinski definition) is 3. The van der Waals surface area contributed by atoms with Crippen LogP contribution in [0.1, 0.15) is 35.2 Å². The monoisotopic (exact) mass is 353 g/mol. The molecule has 0 fully saturated rings. The third kappa shape index (κ3) is 2.47. The molecule has 21 heavy (non-hydrogen) atoms. The van der Waals surface area contributed by atoms with Crippen molar-refractivity contribution in [2.45, 2.75) is 24.8 Å². The van der Waals surface area contributed by atoms with Crippen molar-refractivity contribution in [1.29, 1.82) is 0 Å². The van der Waals surface area contributed by atoms with Crippen LogP contribution in [0.15, 0.2) is 34.9 Å². The molecule has 2 unspecified atom stereocenters. The van der Waals surface area contributed by atoms with Crippen LogP contribution in [0.4, 0.5) is 8.78 Å². The van der Waals surface area contributed by atoms with Gasteiger partial charge in [-0.3, -0.25) is 16.3 Å². The summed E-state index contributed by atoms with van der Waals surface area (Å²) in [5.41, 5.74) is 5.48. The van der Waals surface area contributed by atoms with E-state index in [-0.39, 0.29) is 16.4 Å². The lowest BCUT2D eigenvalue weighted by Gasteiger charge is -2.24. The quantitative estimate of drug-likeness (QED) is 0.505. The molecule has 1 aliphatic carbocycles. The first kappa shape index (κ1) is 14.6. The molecule has 3 rings (SSSR count). The summed E-state index contributed by atoms with van der Waals surface area (Å²) < 4.78 is 27.1. The Morgan fingerprint density at radius 1 is 1.33 bits per heavy atom. The number of fused-ring (bicyclic) bond motifs is 1. The molecule has 0 amide bonds. The van der Waals surface area contributed by atoms with E-state index in [0.29, 0.717) is 5.56 Å².